The summed E-state index contributed by atoms with van der Waals surface area (Å²) >= 11 is 0.991. The number of nitro benzene ring substituents is 1. The standard InChI is InChI=1S/C16H14N2O5S/c19-15(17-12-6-2-1-3-7-12)10-23-16(20)11-24-14-9-5-4-8-13(14)18(21)22/h1-9H,10-11H2,(H,17,19). The van der Waals surface area contributed by atoms with Gasteiger partial charge in [-0.15, -0.1) is 11.8 Å². The first-order valence-electron chi connectivity index (χ1n) is 6.93. The van der Waals surface area contributed by atoms with Gasteiger partial charge in [0.25, 0.3) is 11.6 Å². The van der Waals surface area contributed by atoms with Crippen LogP contribution in [0.1, 0.15) is 0 Å². The molecule has 1 N–H and O–H groups in total. The van der Waals surface area contributed by atoms with Crippen molar-refractivity contribution in [3.63, 3.8) is 0 Å². The molecule has 0 saturated heterocycles. The largest absolute Gasteiger partial charge is 0.455 e. The number of thioether (sulfide) groups is 1. The molecule has 0 aliphatic heterocycles. The van der Waals surface area contributed by atoms with Crippen LogP contribution in [-0.2, 0) is 14.3 Å². The van der Waals surface area contributed by atoms with E-state index >= 15 is 0 Å². The van der Waals surface area contributed by atoms with Gasteiger partial charge in [-0.2, -0.15) is 0 Å². The average molecular weight is 346 g/mol. The second-order valence-corrected chi connectivity index (χ2v) is 5.61. The molecule has 0 atom stereocenters. The Morgan fingerprint density at radius 3 is 2.46 bits per heavy atom. The number of anilines is 1. The predicted octanol–water partition coefficient (Wildman–Crippen LogP) is 2.87. The van der Waals surface area contributed by atoms with E-state index in [1.165, 1.54) is 6.07 Å². The second-order valence-electron chi connectivity index (χ2n) is 4.59. The minimum atomic E-state index is -0.624. The van der Waals surface area contributed by atoms with E-state index in [0.717, 1.165) is 11.8 Å². The zero-order valence-corrected chi connectivity index (χ0v) is 13.3. The summed E-state index contributed by atoms with van der Waals surface area (Å²) in [6.07, 6.45) is 0. The summed E-state index contributed by atoms with van der Waals surface area (Å²) in [5.74, 6) is -1.20. The quantitative estimate of drug-likeness (QED) is 0.358. The van der Waals surface area contributed by atoms with Crippen LogP contribution >= 0.6 is 11.8 Å². The number of carbonyl (C=O) groups is 2. The van der Waals surface area contributed by atoms with Crippen molar-refractivity contribution in [3.05, 3.63) is 64.7 Å². The van der Waals surface area contributed by atoms with E-state index in [2.05, 4.69) is 5.32 Å². The zero-order chi connectivity index (χ0) is 17.4. The summed E-state index contributed by atoms with van der Waals surface area (Å²) in [6.45, 7) is -0.412. The van der Waals surface area contributed by atoms with Gasteiger partial charge >= 0.3 is 5.97 Å². The van der Waals surface area contributed by atoms with Crippen LogP contribution in [0.3, 0.4) is 0 Å². The highest BCUT2D eigenvalue weighted by molar-refractivity contribution is 8.00. The highest BCUT2D eigenvalue weighted by atomic mass is 32.2. The van der Waals surface area contributed by atoms with Crippen LogP contribution in [0.4, 0.5) is 11.4 Å². The molecular weight excluding hydrogens is 332 g/mol. The first-order chi connectivity index (χ1) is 11.6. The molecule has 0 heterocycles. The van der Waals surface area contributed by atoms with Crippen LogP contribution < -0.4 is 5.32 Å². The number of hydrogen-bond donors (Lipinski definition) is 1. The molecule has 2 aromatic rings. The van der Waals surface area contributed by atoms with Gasteiger partial charge in [-0.1, -0.05) is 30.3 Å². The molecule has 0 fully saturated rings. The summed E-state index contributed by atoms with van der Waals surface area (Å²) in [7, 11) is 0. The number of nitro groups is 1. The monoisotopic (exact) mass is 346 g/mol. The Balaban J connectivity index is 1.78. The maximum Gasteiger partial charge on any atom is 0.316 e. The fourth-order valence-corrected chi connectivity index (χ4v) is 2.59. The first kappa shape index (κ1) is 17.5. The van der Waals surface area contributed by atoms with Crippen LogP contribution in [0.25, 0.3) is 0 Å². The van der Waals surface area contributed by atoms with Crippen molar-refractivity contribution in [3.8, 4) is 0 Å². The molecule has 8 heteroatoms. The molecule has 2 rings (SSSR count). The maximum atomic E-state index is 11.7. The van der Waals surface area contributed by atoms with E-state index in [0.29, 0.717) is 10.6 Å². The van der Waals surface area contributed by atoms with Crippen LogP contribution in [0.2, 0.25) is 0 Å². The number of hydrogen-bond acceptors (Lipinski definition) is 6. The number of carbonyl (C=O) groups excluding carboxylic acids is 2. The van der Waals surface area contributed by atoms with E-state index in [1.807, 2.05) is 6.07 Å². The normalized spacial score (nSPS) is 10.0. The zero-order valence-electron chi connectivity index (χ0n) is 12.5. The van der Waals surface area contributed by atoms with Crippen molar-refractivity contribution in [2.75, 3.05) is 17.7 Å². The molecule has 0 spiro atoms. The third-order valence-corrected chi connectivity index (χ3v) is 3.87. The van der Waals surface area contributed by atoms with Gasteiger partial charge in [-0.25, -0.2) is 0 Å². The first-order valence-corrected chi connectivity index (χ1v) is 7.91. The minimum absolute atomic E-state index is 0.0721. The lowest BCUT2D eigenvalue weighted by atomic mass is 10.3. The van der Waals surface area contributed by atoms with Gasteiger partial charge < -0.3 is 10.1 Å². The molecule has 0 bridgehead atoms. The van der Waals surface area contributed by atoms with Crippen molar-refractivity contribution in [2.24, 2.45) is 0 Å². The van der Waals surface area contributed by atoms with E-state index in [-0.39, 0.29) is 11.4 Å². The number of nitrogens with zero attached hydrogens (tertiary/aromatic N) is 1. The fraction of sp³-hybridized carbons (Fsp3) is 0.125. The van der Waals surface area contributed by atoms with Gasteiger partial charge in [0, 0.05) is 11.8 Å². The Morgan fingerprint density at radius 1 is 1.08 bits per heavy atom. The molecular formula is C16H14N2O5S. The number of ether oxygens (including phenoxy) is 1. The van der Waals surface area contributed by atoms with E-state index in [9.17, 15) is 19.7 Å². The number of rotatable bonds is 7. The van der Waals surface area contributed by atoms with Crippen LogP contribution in [-0.4, -0.2) is 29.2 Å². The van der Waals surface area contributed by atoms with Crippen molar-refractivity contribution in [1.29, 1.82) is 0 Å². The number of benzene rings is 2. The highest BCUT2D eigenvalue weighted by Gasteiger charge is 2.15. The third-order valence-electron chi connectivity index (χ3n) is 2.83. The Morgan fingerprint density at radius 2 is 1.75 bits per heavy atom. The summed E-state index contributed by atoms with van der Waals surface area (Å²) in [4.78, 5) is 34.0. The van der Waals surface area contributed by atoms with Crippen molar-refractivity contribution in [2.45, 2.75) is 4.90 Å². The SMILES string of the molecule is O=C(COC(=O)CSc1ccccc1[N+](=O)[O-])Nc1ccccc1. The smallest absolute Gasteiger partial charge is 0.316 e. The second kappa shape index (κ2) is 8.68. The lowest BCUT2D eigenvalue weighted by Crippen LogP contribution is -2.21. The fourth-order valence-electron chi connectivity index (χ4n) is 1.77. The Kier molecular flexibility index (Phi) is 6.32. The minimum Gasteiger partial charge on any atom is -0.455 e. The molecule has 0 saturated carbocycles. The molecule has 24 heavy (non-hydrogen) atoms. The molecule has 0 aliphatic carbocycles. The molecule has 0 aromatic heterocycles. The predicted molar refractivity (Wildman–Crippen MR) is 89.9 cm³/mol. The van der Waals surface area contributed by atoms with Crippen molar-refractivity contribution in [1.82, 2.24) is 0 Å². The van der Waals surface area contributed by atoms with E-state index < -0.39 is 23.4 Å². The van der Waals surface area contributed by atoms with E-state index in [1.54, 1.807) is 42.5 Å². The van der Waals surface area contributed by atoms with Crippen molar-refractivity contribution >= 4 is 35.0 Å². The van der Waals surface area contributed by atoms with Gasteiger partial charge in [-0.05, 0) is 18.2 Å². The molecule has 7 nitrogen and oxygen atoms in total. The topological polar surface area (TPSA) is 98.5 Å². The molecule has 124 valence electrons. The number of nitrogens with one attached hydrogen (secondary N) is 1. The summed E-state index contributed by atoms with van der Waals surface area (Å²) in [5, 5.41) is 13.5. The summed E-state index contributed by atoms with van der Waals surface area (Å²) in [5.41, 5.74) is 0.532. The molecule has 0 unspecified atom stereocenters. The van der Waals surface area contributed by atoms with Gasteiger partial charge in [-0.3, -0.25) is 19.7 Å². The van der Waals surface area contributed by atoms with Gasteiger partial charge in [0.2, 0.25) is 0 Å². The summed E-state index contributed by atoms with van der Waals surface area (Å²) < 4.78 is 4.86. The third kappa shape index (κ3) is 5.40. The van der Waals surface area contributed by atoms with Crippen molar-refractivity contribution < 1.29 is 19.2 Å². The van der Waals surface area contributed by atoms with E-state index in [4.69, 9.17) is 4.74 Å². The molecule has 1 amide bonds. The number of para-hydroxylation sites is 2. The highest BCUT2D eigenvalue weighted by Crippen LogP contribution is 2.28. The molecule has 0 radical (unpaired) electrons. The molecule has 0 aliphatic rings. The Labute approximate surface area is 142 Å². The molecule has 2 aromatic carbocycles. The lowest BCUT2D eigenvalue weighted by molar-refractivity contribution is -0.387. The number of amides is 1. The van der Waals surface area contributed by atoms with Gasteiger partial charge in [0.1, 0.15) is 0 Å². The van der Waals surface area contributed by atoms with Gasteiger partial charge in [0.15, 0.2) is 6.61 Å². The average Bonchev–Trinajstić information content (AvgIpc) is 2.59. The lowest BCUT2D eigenvalue weighted by Gasteiger charge is -2.06. The Hall–Kier alpha value is -2.87. The van der Waals surface area contributed by atoms with Crippen LogP contribution in [0.15, 0.2) is 59.5 Å². The maximum absolute atomic E-state index is 11.7. The van der Waals surface area contributed by atoms with Crippen LogP contribution in [0.5, 0.6) is 0 Å². The summed E-state index contributed by atoms with van der Waals surface area (Å²) in [6, 6.07) is 14.9. The Bertz CT molecular complexity index is 736. The number of esters is 1. The van der Waals surface area contributed by atoms with Crippen LogP contribution in [0, 0.1) is 10.1 Å². The van der Waals surface area contributed by atoms with Gasteiger partial charge in [0.05, 0.1) is 15.6 Å².